The second-order valence-electron chi connectivity index (χ2n) is 5.45. The number of fused-ring (bicyclic) bond motifs is 1. The van der Waals surface area contributed by atoms with Gasteiger partial charge < -0.3 is 10.5 Å². The summed E-state index contributed by atoms with van der Waals surface area (Å²) in [5.74, 6) is 0.980. The maximum absolute atomic E-state index is 5.90. The van der Waals surface area contributed by atoms with E-state index in [0.29, 0.717) is 13.2 Å². The van der Waals surface area contributed by atoms with Crippen molar-refractivity contribution in [3.8, 4) is 5.75 Å². The Morgan fingerprint density at radius 3 is 2.30 bits per heavy atom. The highest BCUT2D eigenvalue weighted by atomic mass is 16.5. The molecule has 104 valence electrons. The van der Waals surface area contributed by atoms with Gasteiger partial charge in [0, 0.05) is 6.54 Å². The molecule has 2 nitrogen and oxygen atoms in total. The summed E-state index contributed by atoms with van der Waals surface area (Å²) in [6.07, 6.45) is 5.03. The Bertz CT molecular complexity index is 574. The largest absolute Gasteiger partial charge is 0.489 e. The van der Waals surface area contributed by atoms with Crippen LogP contribution in [0, 0.1) is 0 Å². The van der Waals surface area contributed by atoms with Crippen molar-refractivity contribution in [1.82, 2.24) is 0 Å². The van der Waals surface area contributed by atoms with E-state index in [-0.39, 0.29) is 0 Å². The Kier molecular flexibility index (Phi) is 4.03. The summed E-state index contributed by atoms with van der Waals surface area (Å²) >= 11 is 0. The van der Waals surface area contributed by atoms with E-state index in [1.54, 1.807) is 0 Å². The SMILES string of the molecule is NCc1ccc(COc2ccc3c(c2)CCCC3)cc1. The van der Waals surface area contributed by atoms with Crippen molar-refractivity contribution >= 4 is 0 Å². The second kappa shape index (κ2) is 6.10. The molecule has 20 heavy (non-hydrogen) atoms. The van der Waals surface area contributed by atoms with Crippen LogP contribution in [0.1, 0.15) is 35.1 Å². The molecule has 0 saturated heterocycles. The van der Waals surface area contributed by atoms with E-state index in [9.17, 15) is 0 Å². The summed E-state index contributed by atoms with van der Waals surface area (Å²) < 4.78 is 5.90. The summed E-state index contributed by atoms with van der Waals surface area (Å²) in [5.41, 5.74) is 10.9. The number of ether oxygens (including phenoxy) is 1. The standard InChI is InChI=1S/C18H21NO/c19-12-14-5-7-15(8-6-14)13-20-18-10-9-16-3-1-2-4-17(16)11-18/h5-11H,1-4,12-13,19H2. The normalized spacial score (nSPS) is 13.8. The van der Waals surface area contributed by atoms with Crippen molar-refractivity contribution in [2.75, 3.05) is 0 Å². The highest BCUT2D eigenvalue weighted by Gasteiger charge is 2.09. The molecule has 2 aromatic carbocycles. The zero-order valence-electron chi connectivity index (χ0n) is 11.8. The minimum Gasteiger partial charge on any atom is -0.489 e. The molecule has 0 aliphatic heterocycles. The van der Waals surface area contributed by atoms with Gasteiger partial charge >= 0.3 is 0 Å². The van der Waals surface area contributed by atoms with Crippen molar-refractivity contribution in [3.05, 3.63) is 64.7 Å². The molecule has 0 atom stereocenters. The Hall–Kier alpha value is -1.80. The van der Waals surface area contributed by atoms with E-state index in [4.69, 9.17) is 10.5 Å². The first-order valence-corrected chi connectivity index (χ1v) is 7.37. The highest BCUT2D eigenvalue weighted by molar-refractivity contribution is 5.37. The summed E-state index contributed by atoms with van der Waals surface area (Å²) in [7, 11) is 0. The van der Waals surface area contributed by atoms with Crippen LogP contribution in [0.3, 0.4) is 0 Å². The van der Waals surface area contributed by atoms with Crippen molar-refractivity contribution in [1.29, 1.82) is 0 Å². The van der Waals surface area contributed by atoms with E-state index < -0.39 is 0 Å². The Morgan fingerprint density at radius 2 is 1.55 bits per heavy atom. The van der Waals surface area contributed by atoms with Crippen LogP contribution in [0.15, 0.2) is 42.5 Å². The van der Waals surface area contributed by atoms with Crippen LogP contribution < -0.4 is 10.5 Å². The van der Waals surface area contributed by atoms with E-state index in [1.165, 1.54) is 42.4 Å². The molecule has 2 aromatic rings. The molecule has 1 aliphatic rings. The Balaban J connectivity index is 1.65. The van der Waals surface area contributed by atoms with Gasteiger partial charge in [-0.2, -0.15) is 0 Å². The predicted octanol–water partition coefficient (Wildman–Crippen LogP) is 3.60. The van der Waals surface area contributed by atoms with E-state index in [2.05, 4.69) is 42.5 Å². The predicted molar refractivity (Wildman–Crippen MR) is 81.7 cm³/mol. The minimum atomic E-state index is 0.589. The quantitative estimate of drug-likeness (QED) is 0.918. The average molecular weight is 267 g/mol. The van der Waals surface area contributed by atoms with Gasteiger partial charge in [-0.1, -0.05) is 30.3 Å². The third kappa shape index (κ3) is 3.02. The van der Waals surface area contributed by atoms with Crippen LogP contribution in [-0.4, -0.2) is 0 Å². The zero-order valence-corrected chi connectivity index (χ0v) is 11.8. The Morgan fingerprint density at radius 1 is 0.850 bits per heavy atom. The first-order valence-electron chi connectivity index (χ1n) is 7.37. The van der Waals surface area contributed by atoms with Crippen LogP contribution in [0.4, 0.5) is 0 Å². The summed E-state index contributed by atoms with van der Waals surface area (Å²) in [5, 5.41) is 0. The molecule has 0 radical (unpaired) electrons. The lowest BCUT2D eigenvalue weighted by atomic mass is 9.92. The fraction of sp³-hybridized carbons (Fsp3) is 0.333. The van der Waals surface area contributed by atoms with Gasteiger partial charge in [0.15, 0.2) is 0 Å². The summed E-state index contributed by atoms with van der Waals surface area (Å²) in [4.78, 5) is 0. The fourth-order valence-corrected chi connectivity index (χ4v) is 2.74. The van der Waals surface area contributed by atoms with Crippen LogP contribution in [0.2, 0.25) is 0 Å². The van der Waals surface area contributed by atoms with Crippen LogP contribution in [0.5, 0.6) is 5.75 Å². The highest BCUT2D eigenvalue weighted by Crippen LogP contribution is 2.25. The number of hydrogen-bond acceptors (Lipinski definition) is 2. The third-order valence-electron chi connectivity index (χ3n) is 3.98. The molecule has 0 bridgehead atoms. The molecule has 0 fully saturated rings. The van der Waals surface area contributed by atoms with Gasteiger partial charge in [-0.05, 0) is 60.1 Å². The van der Waals surface area contributed by atoms with Crippen molar-refractivity contribution in [2.45, 2.75) is 38.8 Å². The number of hydrogen-bond donors (Lipinski definition) is 1. The van der Waals surface area contributed by atoms with Crippen molar-refractivity contribution in [2.24, 2.45) is 5.73 Å². The molecule has 0 saturated carbocycles. The van der Waals surface area contributed by atoms with E-state index >= 15 is 0 Å². The monoisotopic (exact) mass is 267 g/mol. The lowest BCUT2D eigenvalue weighted by molar-refractivity contribution is 0.305. The van der Waals surface area contributed by atoms with Crippen LogP contribution >= 0.6 is 0 Å². The van der Waals surface area contributed by atoms with Gasteiger partial charge in [0.2, 0.25) is 0 Å². The number of nitrogens with two attached hydrogens (primary N) is 1. The molecular formula is C18H21NO. The first kappa shape index (κ1) is 13.2. The van der Waals surface area contributed by atoms with Crippen LogP contribution in [0.25, 0.3) is 0 Å². The fourth-order valence-electron chi connectivity index (χ4n) is 2.74. The maximum Gasteiger partial charge on any atom is 0.120 e. The molecule has 2 heteroatoms. The van der Waals surface area contributed by atoms with E-state index in [0.717, 1.165) is 11.3 Å². The average Bonchev–Trinajstić information content (AvgIpc) is 2.53. The van der Waals surface area contributed by atoms with Gasteiger partial charge in [0.25, 0.3) is 0 Å². The molecule has 0 heterocycles. The van der Waals surface area contributed by atoms with E-state index in [1.807, 2.05) is 0 Å². The van der Waals surface area contributed by atoms with Gasteiger partial charge in [0.1, 0.15) is 12.4 Å². The number of aryl methyl sites for hydroxylation is 2. The Labute approximate surface area is 120 Å². The van der Waals surface area contributed by atoms with Crippen molar-refractivity contribution < 1.29 is 4.74 Å². The molecule has 0 unspecified atom stereocenters. The smallest absolute Gasteiger partial charge is 0.120 e. The van der Waals surface area contributed by atoms with Gasteiger partial charge in [-0.25, -0.2) is 0 Å². The first-order chi connectivity index (χ1) is 9.85. The minimum absolute atomic E-state index is 0.589. The maximum atomic E-state index is 5.90. The third-order valence-corrected chi connectivity index (χ3v) is 3.98. The number of benzene rings is 2. The summed E-state index contributed by atoms with van der Waals surface area (Å²) in [6, 6.07) is 14.8. The summed E-state index contributed by atoms with van der Waals surface area (Å²) in [6.45, 7) is 1.20. The van der Waals surface area contributed by atoms with Gasteiger partial charge in [0.05, 0.1) is 0 Å². The molecule has 0 spiro atoms. The molecule has 0 aromatic heterocycles. The molecular weight excluding hydrogens is 246 g/mol. The van der Waals surface area contributed by atoms with Gasteiger partial charge in [-0.15, -0.1) is 0 Å². The molecule has 2 N–H and O–H groups in total. The number of rotatable bonds is 4. The second-order valence-corrected chi connectivity index (χ2v) is 5.45. The van der Waals surface area contributed by atoms with Crippen molar-refractivity contribution in [3.63, 3.8) is 0 Å². The molecule has 1 aliphatic carbocycles. The molecule has 3 rings (SSSR count). The van der Waals surface area contributed by atoms with Gasteiger partial charge in [-0.3, -0.25) is 0 Å². The topological polar surface area (TPSA) is 35.2 Å². The van der Waals surface area contributed by atoms with Crippen LogP contribution in [-0.2, 0) is 26.0 Å². The lowest BCUT2D eigenvalue weighted by Gasteiger charge is -2.16. The lowest BCUT2D eigenvalue weighted by Crippen LogP contribution is -2.03. The zero-order chi connectivity index (χ0) is 13.8. The molecule has 0 amide bonds.